The highest BCUT2D eigenvalue weighted by molar-refractivity contribution is 5.41. The third kappa shape index (κ3) is 15.1. The molecule has 32 heavy (non-hydrogen) atoms. The molecule has 1 aromatic carbocycles. The molecule has 0 saturated heterocycles. The zero-order valence-electron chi connectivity index (χ0n) is 23.1. The summed E-state index contributed by atoms with van der Waals surface area (Å²) >= 11 is 0. The molecule has 0 N–H and O–H groups in total. The van der Waals surface area contributed by atoms with Gasteiger partial charge in [-0.1, -0.05) is 135 Å². The summed E-state index contributed by atoms with van der Waals surface area (Å²) in [4.78, 5) is 0. The van der Waals surface area contributed by atoms with Gasteiger partial charge in [-0.15, -0.1) is 0 Å². The first-order valence-corrected chi connectivity index (χ1v) is 14.5. The smallest absolute Gasteiger partial charge is 0.132 e. The number of quaternary nitrogens is 1. The quantitative estimate of drug-likeness (QED) is 0.116. The number of para-hydroxylation sites is 1. The lowest BCUT2D eigenvalue weighted by atomic mass is 10.0. The predicted molar refractivity (Wildman–Crippen MR) is 148 cm³/mol. The van der Waals surface area contributed by atoms with Crippen LogP contribution in [-0.4, -0.2) is 20.1 Å². The Hall–Kier alpha value is -0.820. The van der Waals surface area contributed by atoms with Gasteiger partial charge in [0.25, 0.3) is 0 Å². The molecular formula is C31H58N+. The largest absolute Gasteiger partial charge is 0.294 e. The van der Waals surface area contributed by atoms with Gasteiger partial charge in [-0.05, 0) is 37.8 Å². The highest BCUT2D eigenvalue weighted by Gasteiger charge is 2.23. The first kappa shape index (κ1) is 27.4. The van der Waals surface area contributed by atoms with Crippen LogP contribution in [0.2, 0.25) is 0 Å². The molecule has 0 aliphatic heterocycles. The molecule has 0 bridgehead atoms. The Morgan fingerprint density at radius 3 is 1.22 bits per heavy atom. The molecule has 0 aliphatic rings. The number of hydrogen-bond donors (Lipinski definition) is 0. The summed E-state index contributed by atoms with van der Waals surface area (Å²) in [6.45, 7) is 6.84. The lowest BCUT2D eigenvalue weighted by Gasteiger charge is -2.34. The van der Waals surface area contributed by atoms with Crippen LogP contribution in [0.25, 0.3) is 0 Å². The van der Waals surface area contributed by atoms with Crippen LogP contribution < -0.4 is 4.48 Å². The summed E-state index contributed by atoms with van der Waals surface area (Å²) in [5, 5.41) is 0. The molecule has 1 rings (SSSR count). The normalized spacial score (nSPS) is 13.8. The molecule has 0 heterocycles. The zero-order chi connectivity index (χ0) is 23.9. The fourth-order valence-electron chi connectivity index (χ4n) is 4.92. The molecule has 0 saturated carbocycles. The molecule has 1 unspecified atom stereocenters. The SMILES string of the molecule is [2H]C[N+](CCCCCC)(CCCCCCCCCCCCCCCCCC)c1ccccc1. The first-order valence-electron chi connectivity index (χ1n) is 15.2. The maximum absolute atomic E-state index is 8.39. The minimum Gasteiger partial charge on any atom is -0.294 e. The van der Waals surface area contributed by atoms with Crippen molar-refractivity contribution in [3.05, 3.63) is 30.3 Å². The van der Waals surface area contributed by atoms with Gasteiger partial charge >= 0.3 is 0 Å². The van der Waals surface area contributed by atoms with Crippen LogP contribution >= 0.6 is 0 Å². The fraction of sp³-hybridized carbons (Fsp3) is 0.806. The number of rotatable bonds is 23. The van der Waals surface area contributed by atoms with E-state index in [1.54, 1.807) is 0 Å². The molecule has 1 aromatic rings. The lowest BCUT2D eigenvalue weighted by molar-refractivity contribution is 0.310. The van der Waals surface area contributed by atoms with Gasteiger partial charge in [0.2, 0.25) is 0 Å². The van der Waals surface area contributed by atoms with Crippen LogP contribution in [0.15, 0.2) is 30.3 Å². The Balaban J connectivity index is 2.11. The third-order valence-corrected chi connectivity index (χ3v) is 7.18. The summed E-state index contributed by atoms with van der Waals surface area (Å²) in [7, 11) is 0.481. The average Bonchev–Trinajstić information content (AvgIpc) is 2.85. The molecule has 0 amide bonds. The van der Waals surface area contributed by atoms with E-state index in [-0.39, 0.29) is 0 Å². The molecular weight excluding hydrogens is 386 g/mol. The van der Waals surface area contributed by atoms with Gasteiger partial charge in [-0.25, -0.2) is 0 Å². The van der Waals surface area contributed by atoms with Crippen molar-refractivity contribution in [3.63, 3.8) is 0 Å². The van der Waals surface area contributed by atoms with E-state index < -0.39 is 0 Å². The maximum Gasteiger partial charge on any atom is 0.132 e. The molecule has 186 valence electrons. The van der Waals surface area contributed by atoms with Crippen molar-refractivity contribution < 1.29 is 1.37 Å². The highest BCUT2D eigenvalue weighted by atomic mass is 15.3. The minimum atomic E-state index is 0.481. The molecule has 0 spiro atoms. The Morgan fingerprint density at radius 1 is 0.500 bits per heavy atom. The zero-order valence-corrected chi connectivity index (χ0v) is 22.1. The molecule has 0 aromatic heterocycles. The Bertz CT molecular complexity index is 517. The van der Waals surface area contributed by atoms with Crippen LogP contribution in [-0.2, 0) is 0 Å². The van der Waals surface area contributed by atoms with Crippen LogP contribution in [0.1, 0.15) is 144 Å². The van der Waals surface area contributed by atoms with E-state index in [0.29, 0.717) is 7.02 Å². The van der Waals surface area contributed by atoms with E-state index in [9.17, 15) is 0 Å². The van der Waals surface area contributed by atoms with E-state index in [4.69, 9.17) is 1.37 Å². The topological polar surface area (TPSA) is 0 Å². The van der Waals surface area contributed by atoms with Gasteiger partial charge in [0.1, 0.15) is 5.69 Å². The van der Waals surface area contributed by atoms with Gasteiger partial charge < -0.3 is 0 Å². The van der Waals surface area contributed by atoms with Crippen molar-refractivity contribution in [2.24, 2.45) is 0 Å². The first-order chi connectivity index (χ1) is 16.3. The standard InChI is InChI=1S/C31H58N/c1-4-6-8-10-11-12-13-14-15-16-17-18-19-20-21-26-30-32(3,29-25-9-7-5-2)31-27-23-22-24-28-31/h22-24,27-28H,4-21,25-26,29-30H2,1-3H3/q+1/i3D. The van der Waals surface area contributed by atoms with E-state index >= 15 is 0 Å². The van der Waals surface area contributed by atoms with Crippen LogP contribution in [0.4, 0.5) is 5.69 Å². The number of nitrogens with zero attached hydrogens (tertiary/aromatic N) is 1. The minimum absolute atomic E-state index is 0.481. The fourth-order valence-corrected chi connectivity index (χ4v) is 4.92. The lowest BCUT2D eigenvalue weighted by Crippen LogP contribution is -2.46. The molecule has 0 radical (unpaired) electrons. The van der Waals surface area contributed by atoms with E-state index in [1.165, 1.54) is 134 Å². The third-order valence-electron chi connectivity index (χ3n) is 7.18. The van der Waals surface area contributed by atoms with Crippen molar-refractivity contribution in [1.29, 1.82) is 0 Å². The van der Waals surface area contributed by atoms with E-state index in [2.05, 4.69) is 44.2 Å². The number of hydrogen-bond acceptors (Lipinski definition) is 0. The van der Waals surface area contributed by atoms with Gasteiger partial charge in [-0.2, -0.15) is 0 Å². The van der Waals surface area contributed by atoms with Gasteiger partial charge in [0.15, 0.2) is 0 Å². The number of benzene rings is 1. The predicted octanol–water partition coefficient (Wildman–Crippen LogP) is 10.5. The summed E-state index contributed by atoms with van der Waals surface area (Å²) < 4.78 is 9.25. The summed E-state index contributed by atoms with van der Waals surface area (Å²) in [5.74, 6) is 0. The summed E-state index contributed by atoms with van der Waals surface area (Å²) in [6.07, 6.45) is 27.8. The van der Waals surface area contributed by atoms with Crippen molar-refractivity contribution >= 4 is 5.69 Å². The monoisotopic (exact) mass is 445 g/mol. The summed E-state index contributed by atoms with van der Waals surface area (Å²) in [6, 6.07) is 10.9. The maximum atomic E-state index is 8.39. The van der Waals surface area contributed by atoms with Crippen molar-refractivity contribution in [2.45, 2.75) is 142 Å². The molecule has 1 atom stereocenters. The van der Waals surface area contributed by atoms with Crippen molar-refractivity contribution in [2.75, 3.05) is 20.1 Å². The molecule has 0 fully saturated rings. The molecule has 1 nitrogen and oxygen atoms in total. The Morgan fingerprint density at radius 2 is 0.844 bits per heavy atom. The molecule has 1 heteroatoms. The molecule has 0 aliphatic carbocycles. The van der Waals surface area contributed by atoms with Gasteiger partial charge in [0.05, 0.1) is 21.5 Å². The van der Waals surface area contributed by atoms with Crippen molar-refractivity contribution in [1.82, 2.24) is 4.48 Å². The van der Waals surface area contributed by atoms with E-state index in [1.807, 2.05) is 0 Å². The van der Waals surface area contributed by atoms with Gasteiger partial charge in [0, 0.05) is 0 Å². The second-order valence-corrected chi connectivity index (χ2v) is 10.3. The van der Waals surface area contributed by atoms with Gasteiger partial charge in [-0.3, -0.25) is 4.48 Å². The summed E-state index contributed by atoms with van der Waals surface area (Å²) in [5.41, 5.74) is 1.35. The Labute approximate surface area is 204 Å². The second-order valence-electron chi connectivity index (χ2n) is 10.3. The average molecular weight is 446 g/mol. The number of unbranched alkanes of at least 4 members (excludes halogenated alkanes) is 18. The van der Waals surface area contributed by atoms with Crippen LogP contribution in [0, 0.1) is 0 Å². The van der Waals surface area contributed by atoms with Crippen molar-refractivity contribution in [3.8, 4) is 0 Å². The van der Waals surface area contributed by atoms with Crippen LogP contribution in [0.5, 0.6) is 0 Å². The van der Waals surface area contributed by atoms with E-state index in [0.717, 1.165) is 17.6 Å². The van der Waals surface area contributed by atoms with Crippen LogP contribution in [0.3, 0.4) is 0 Å². The Kier molecular flexibility index (Phi) is 17.8. The second kappa shape index (κ2) is 20.8. The highest BCUT2D eigenvalue weighted by Crippen LogP contribution is 2.23.